The molecule has 2 aromatic rings. The van der Waals surface area contributed by atoms with Gasteiger partial charge in [0.15, 0.2) is 0 Å². The van der Waals surface area contributed by atoms with Crippen molar-refractivity contribution in [2.24, 2.45) is 0 Å². The Bertz CT molecular complexity index is 820. The zero-order valence-corrected chi connectivity index (χ0v) is 22.6. The van der Waals surface area contributed by atoms with Crippen LogP contribution in [0.2, 0.25) is 5.02 Å². The van der Waals surface area contributed by atoms with Crippen LogP contribution in [0.15, 0.2) is 30.5 Å². The zero-order chi connectivity index (χ0) is 24.0. The minimum absolute atomic E-state index is 0. The Morgan fingerprint density at radius 3 is 2.23 bits per heavy atom. The Morgan fingerprint density at radius 1 is 0.829 bits per heavy atom. The van der Waals surface area contributed by atoms with E-state index in [0.717, 1.165) is 47.8 Å². The molecule has 0 spiro atoms. The van der Waals surface area contributed by atoms with E-state index in [1.807, 2.05) is 62.6 Å². The van der Waals surface area contributed by atoms with Gasteiger partial charge in [0.25, 0.3) is 0 Å². The van der Waals surface area contributed by atoms with Crippen molar-refractivity contribution in [1.82, 2.24) is 15.2 Å². The molecular weight excluding hydrogens is 496 g/mol. The van der Waals surface area contributed by atoms with Crippen molar-refractivity contribution < 1.29 is 17.1 Å². The van der Waals surface area contributed by atoms with Crippen molar-refractivity contribution in [2.75, 3.05) is 45.6 Å². The van der Waals surface area contributed by atoms with E-state index in [1.165, 1.54) is 37.5 Å². The Hall–Kier alpha value is -0.841. The third-order valence-corrected chi connectivity index (χ3v) is 5.90. The number of fused-ring (bicyclic) bond motifs is 1. The molecular formula is C29H37ClFeN4+2. The fourth-order valence-corrected chi connectivity index (χ4v) is 4.10. The van der Waals surface area contributed by atoms with E-state index in [0.29, 0.717) is 0 Å². The summed E-state index contributed by atoms with van der Waals surface area (Å²) in [6, 6.07) is 7.90. The van der Waals surface area contributed by atoms with Gasteiger partial charge >= 0.3 is 17.1 Å². The first-order valence-electron chi connectivity index (χ1n) is 12.2. The van der Waals surface area contributed by atoms with Crippen LogP contribution in [0.3, 0.4) is 0 Å². The maximum Gasteiger partial charge on any atom is 2.00 e. The SMILES string of the molecule is CN(C)C[C]1[CH][CH][CH][C]1CNCCCCCCNc1ccnc2cc(Cl)ccc12.[CH]1[CH][CH][CH][CH]1.[Fe+2]. The second-order valence-corrected chi connectivity index (χ2v) is 9.25. The molecule has 6 heteroatoms. The molecule has 2 aliphatic rings. The number of hydrogen-bond donors (Lipinski definition) is 2. The number of hydrogen-bond acceptors (Lipinski definition) is 4. The van der Waals surface area contributed by atoms with E-state index in [-0.39, 0.29) is 17.1 Å². The summed E-state index contributed by atoms with van der Waals surface area (Å²) in [7, 11) is 4.23. The molecule has 4 rings (SSSR count). The minimum atomic E-state index is 0. The summed E-state index contributed by atoms with van der Waals surface area (Å²) in [5, 5.41) is 8.99. The molecule has 10 radical (unpaired) electrons. The van der Waals surface area contributed by atoms with Crippen molar-refractivity contribution in [2.45, 2.75) is 25.7 Å². The van der Waals surface area contributed by atoms with Crippen molar-refractivity contribution in [3.8, 4) is 0 Å². The quantitative estimate of drug-likeness (QED) is 0.267. The number of rotatable bonds is 12. The maximum atomic E-state index is 6.06. The molecule has 0 aliphatic heterocycles. The summed E-state index contributed by atoms with van der Waals surface area (Å²) in [5.41, 5.74) is 2.07. The Labute approximate surface area is 229 Å². The molecule has 0 atom stereocenters. The second kappa shape index (κ2) is 17.6. The molecule has 0 unspecified atom stereocenters. The molecule has 0 amide bonds. The van der Waals surface area contributed by atoms with E-state index < -0.39 is 0 Å². The van der Waals surface area contributed by atoms with E-state index in [9.17, 15) is 0 Å². The molecule has 0 saturated heterocycles. The molecule has 1 aromatic carbocycles. The predicted octanol–water partition coefficient (Wildman–Crippen LogP) is 5.81. The third kappa shape index (κ3) is 11.4. The Balaban J connectivity index is 0.000000640. The summed E-state index contributed by atoms with van der Waals surface area (Å²) in [5.74, 6) is 2.85. The summed E-state index contributed by atoms with van der Waals surface area (Å²) in [6.45, 7) is 4.04. The zero-order valence-electron chi connectivity index (χ0n) is 20.8. The van der Waals surface area contributed by atoms with Crippen molar-refractivity contribution >= 4 is 28.2 Å². The average Bonchev–Trinajstić information content (AvgIpc) is 3.53. The molecule has 2 saturated carbocycles. The number of benzene rings is 1. The number of halogens is 1. The fourth-order valence-electron chi connectivity index (χ4n) is 3.93. The number of pyridine rings is 1. The second-order valence-electron chi connectivity index (χ2n) is 8.81. The Kier molecular flexibility index (Phi) is 15.3. The fraction of sp³-hybridized carbons (Fsp3) is 0.345. The number of unbranched alkanes of at least 4 members (excludes halogenated alkanes) is 3. The smallest absolute Gasteiger partial charge is 0.384 e. The topological polar surface area (TPSA) is 40.2 Å². The van der Waals surface area contributed by atoms with Crippen LogP contribution >= 0.6 is 11.6 Å². The van der Waals surface area contributed by atoms with E-state index in [4.69, 9.17) is 11.6 Å². The van der Waals surface area contributed by atoms with Crippen LogP contribution in [0, 0.1) is 63.2 Å². The van der Waals surface area contributed by atoms with Crippen LogP contribution in [0.5, 0.6) is 0 Å². The van der Waals surface area contributed by atoms with Gasteiger partial charge in [0.1, 0.15) is 0 Å². The normalized spacial score (nSPS) is 16.3. The van der Waals surface area contributed by atoms with Gasteiger partial charge in [-0.1, -0.05) is 24.4 Å². The first kappa shape index (κ1) is 30.4. The molecule has 2 fully saturated rings. The van der Waals surface area contributed by atoms with E-state index in [1.54, 1.807) is 0 Å². The van der Waals surface area contributed by atoms with Crippen LogP contribution < -0.4 is 10.6 Å². The molecule has 1 heterocycles. The number of nitrogens with zero attached hydrogens (tertiary/aromatic N) is 2. The van der Waals surface area contributed by atoms with Gasteiger partial charge in [-0.15, -0.1) is 0 Å². The largest absolute Gasteiger partial charge is 2.00 e. The Morgan fingerprint density at radius 2 is 1.51 bits per heavy atom. The predicted molar refractivity (Wildman–Crippen MR) is 146 cm³/mol. The van der Waals surface area contributed by atoms with Crippen LogP contribution in [0.4, 0.5) is 5.69 Å². The number of aromatic nitrogens is 1. The summed E-state index contributed by atoms with van der Waals surface area (Å²) in [4.78, 5) is 6.61. The van der Waals surface area contributed by atoms with Gasteiger partial charge in [-0.2, -0.15) is 0 Å². The molecule has 4 nitrogen and oxygen atoms in total. The number of nitrogens with one attached hydrogen (secondary N) is 2. The monoisotopic (exact) mass is 532 g/mol. The first-order valence-corrected chi connectivity index (χ1v) is 12.5. The first-order chi connectivity index (χ1) is 16.6. The van der Waals surface area contributed by atoms with Gasteiger partial charge in [-0.3, -0.25) is 4.98 Å². The standard InChI is InChI=1S/C24H32ClN4.C5H5.Fe/c1-29(2)18-20-9-7-8-19(20)17-26-13-5-3-4-6-14-27-23-12-15-28-24-16-21(25)10-11-22(23)24;1-2-4-5-3-1;/h7-12,15-16,26H,3-6,13-14,17-18H2,1-2H3,(H,27,28);1-5H;/q;;+2. The van der Waals surface area contributed by atoms with Gasteiger partial charge < -0.3 is 15.5 Å². The summed E-state index contributed by atoms with van der Waals surface area (Å²) in [6.07, 6.45) is 23.3. The average molecular weight is 533 g/mol. The van der Waals surface area contributed by atoms with Gasteiger partial charge in [0.05, 0.1) is 5.52 Å². The molecule has 186 valence electrons. The van der Waals surface area contributed by atoms with E-state index >= 15 is 0 Å². The van der Waals surface area contributed by atoms with Crippen LogP contribution in [0.1, 0.15) is 25.7 Å². The van der Waals surface area contributed by atoms with Gasteiger partial charge in [0.2, 0.25) is 0 Å². The van der Waals surface area contributed by atoms with Crippen LogP contribution in [-0.2, 0) is 17.1 Å². The molecule has 2 aliphatic carbocycles. The minimum Gasteiger partial charge on any atom is -0.384 e. The number of anilines is 1. The molecule has 1 aromatic heterocycles. The molecule has 0 bridgehead atoms. The van der Waals surface area contributed by atoms with Crippen LogP contribution in [0.25, 0.3) is 10.9 Å². The van der Waals surface area contributed by atoms with Crippen LogP contribution in [-0.4, -0.2) is 50.2 Å². The molecule has 2 N–H and O–H groups in total. The van der Waals surface area contributed by atoms with Crippen molar-refractivity contribution in [3.63, 3.8) is 0 Å². The molecule has 35 heavy (non-hydrogen) atoms. The van der Waals surface area contributed by atoms with E-state index in [2.05, 4.69) is 53.9 Å². The summed E-state index contributed by atoms with van der Waals surface area (Å²) >= 11 is 6.06. The van der Waals surface area contributed by atoms with Gasteiger partial charge in [0, 0.05) is 53.8 Å². The summed E-state index contributed by atoms with van der Waals surface area (Å²) < 4.78 is 0. The van der Waals surface area contributed by atoms with Crippen molar-refractivity contribution in [1.29, 1.82) is 0 Å². The maximum absolute atomic E-state index is 6.06. The van der Waals surface area contributed by atoms with Gasteiger partial charge in [-0.25, -0.2) is 0 Å². The third-order valence-electron chi connectivity index (χ3n) is 5.67. The van der Waals surface area contributed by atoms with Gasteiger partial charge in [-0.05, 0) is 109 Å². The van der Waals surface area contributed by atoms with Crippen molar-refractivity contribution in [3.05, 3.63) is 98.7 Å².